The molecule has 0 bridgehead atoms. The van der Waals surface area contributed by atoms with Crippen LogP contribution in [0.3, 0.4) is 0 Å². The zero-order chi connectivity index (χ0) is 15.5. The highest BCUT2D eigenvalue weighted by molar-refractivity contribution is 5.80. The molecule has 2 N–H and O–H groups in total. The van der Waals surface area contributed by atoms with Crippen LogP contribution >= 0.6 is 0 Å². The van der Waals surface area contributed by atoms with Crippen molar-refractivity contribution in [2.45, 2.75) is 50.5 Å². The van der Waals surface area contributed by atoms with Gasteiger partial charge in [-0.25, -0.2) is 0 Å². The minimum Gasteiger partial charge on any atom is -0.481 e. The summed E-state index contributed by atoms with van der Waals surface area (Å²) in [6.45, 7) is 0. The first-order valence-electron chi connectivity index (χ1n) is 8.21. The van der Waals surface area contributed by atoms with Crippen molar-refractivity contribution in [2.75, 3.05) is 0 Å². The van der Waals surface area contributed by atoms with Crippen LogP contribution in [0.25, 0.3) is 0 Å². The first kappa shape index (κ1) is 15.1. The number of carbonyl (C=O) groups is 2. The van der Waals surface area contributed by atoms with Crippen molar-refractivity contribution in [3.8, 4) is 0 Å². The van der Waals surface area contributed by atoms with Crippen molar-refractivity contribution in [2.24, 2.45) is 11.8 Å². The van der Waals surface area contributed by atoms with E-state index in [0.717, 1.165) is 25.7 Å². The maximum atomic E-state index is 12.3. The van der Waals surface area contributed by atoms with Gasteiger partial charge in [-0.1, -0.05) is 36.8 Å². The molecule has 0 spiro atoms. The second-order valence-corrected chi connectivity index (χ2v) is 6.68. The topological polar surface area (TPSA) is 66.4 Å². The number of nitrogens with one attached hydrogen (secondary N) is 1. The zero-order valence-corrected chi connectivity index (χ0v) is 12.7. The number of rotatable bonds is 4. The number of carboxylic acids is 1. The van der Waals surface area contributed by atoms with Crippen molar-refractivity contribution in [1.29, 1.82) is 0 Å². The zero-order valence-electron chi connectivity index (χ0n) is 12.7. The van der Waals surface area contributed by atoms with Gasteiger partial charge < -0.3 is 10.4 Å². The van der Waals surface area contributed by atoms with Gasteiger partial charge >= 0.3 is 5.97 Å². The van der Waals surface area contributed by atoms with Gasteiger partial charge in [0.15, 0.2) is 0 Å². The standard InChI is InChI=1S/C18H23NO3/c20-17(13-7-4-8-14(9-13)18(21)22)19-16-10-15(11-16)12-5-2-1-3-6-12/h1-3,5-6,13-16H,4,7-11H2,(H,19,20)(H,21,22). The molecule has 0 heterocycles. The van der Waals surface area contributed by atoms with Crippen molar-refractivity contribution in [3.05, 3.63) is 35.9 Å². The van der Waals surface area contributed by atoms with Crippen molar-refractivity contribution < 1.29 is 14.7 Å². The Morgan fingerprint density at radius 2 is 1.68 bits per heavy atom. The van der Waals surface area contributed by atoms with E-state index in [0.29, 0.717) is 18.8 Å². The summed E-state index contributed by atoms with van der Waals surface area (Å²) in [7, 11) is 0. The Labute approximate surface area is 130 Å². The molecule has 1 aromatic carbocycles. The predicted octanol–water partition coefficient (Wildman–Crippen LogP) is 2.94. The quantitative estimate of drug-likeness (QED) is 0.898. The number of amides is 1. The summed E-state index contributed by atoms with van der Waals surface area (Å²) in [5.74, 6) is -0.619. The molecule has 4 heteroatoms. The Morgan fingerprint density at radius 1 is 1.00 bits per heavy atom. The molecule has 0 radical (unpaired) electrons. The van der Waals surface area contributed by atoms with Crippen LogP contribution in [0.4, 0.5) is 0 Å². The second kappa shape index (κ2) is 6.51. The number of aliphatic carboxylic acids is 1. The van der Waals surface area contributed by atoms with Gasteiger partial charge in [0.05, 0.1) is 5.92 Å². The third kappa shape index (κ3) is 3.32. The number of carboxylic acid groups (broad SMARTS) is 1. The van der Waals surface area contributed by atoms with Gasteiger partial charge in [-0.05, 0) is 43.6 Å². The largest absolute Gasteiger partial charge is 0.481 e. The van der Waals surface area contributed by atoms with E-state index in [4.69, 9.17) is 5.11 Å². The first-order valence-corrected chi connectivity index (χ1v) is 8.21. The average Bonchev–Trinajstić information content (AvgIpc) is 2.51. The molecule has 2 aliphatic rings. The summed E-state index contributed by atoms with van der Waals surface area (Å²) in [5, 5.41) is 12.2. The van der Waals surface area contributed by atoms with Crippen LogP contribution in [0.5, 0.6) is 0 Å². The molecule has 0 saturated heterocycles. The van der Waals surface area contributed by atoms with Crippen LogP contribution in [0.1, 0.15) is 50.0 Å². The summed E-state index contributed by atoms with van der Waals surface area (Å²) in [5.41, 5.74) is 1.34. The third-order valence-corrected chi connectivity index (χ3v) is 5.15. The fourth-order valence-electron chi connectivity index (χ4n) is 3.70. The van der Waals surface area contributed by atoms with Gasteiger partial charge in [0.2, 0.25) is 5.91 Å². The van der Waals surface area contributed by atoms with Crippen molar-refractivity contribution >= 4 is 11.9 Å². The number of hydrogen-bond donors (Lipinski definition) is 2. The molecule has 2 unspecified atom stereocenters. The Morgan fingerprint density at radius 3 is 2.36 bits per heavy atom. The van der Waals surface area contributed by atoms with Crippen LogP contribution in [-0.2, 0) is 9.59 Å². The molecule has 2 atom stereocenters. The lowest BCUT2D eigenvalue weighted by Crippen LogP contribution is -2.46. The molecule has 2 fully saturated rings. The molecule has 0 aromatic heterocycles. The summed E-state index contributed by atoms with van der Waals surface area (Å²) in [4.78, 5) is 23.4. The Balaban J connectivity index is 1.46. The van der Waals surface area contributed by atoms with Gasteiger partial charge in [-0.15, -0.1) is 0 Å². The van der Waals surface area contributed by atoms with E-state index in [1.165, 1.54) is 5.56 Å². The van der Waals surface area contributed by atoms with Gasteiger partial charge in [-0.2, -0.15) is 0 Å². The monoisotopic (exact) mass is 301 g/mol. The smallest absolute Gasteiger partial charge is 0.306 e. The van der Waals surface area contributed by atoms with Crippen molar-refractivity contribution in [3.63, 3.8) is 0 Å². The number of carbonyl (C=O) groups excluding carboxylic acids is 1. The average molecular weight is 301 g/mol. The highest BCUT2D eigenvalue weighted by Crippen LogP contribution is 2.37. The summed E-state index contributed by atoms with van der Waals surface area (Å²) in [6, 6.07) is 10.7. The molecule has 22 heavy (non-hydrogen) atoms. The third-order valence-electron chi connectivity index (χ3n) is 5.15. The highest BCUT2D eigenvalue weighted by atomic mass is 16.4. The normalized spacial score (nSPS) is 31.1. The lowest BCUT2D eigenvalue weighted by molar-refractivity contribution is -0.144. The number of hydrogen-bond acceptors (Lipinski definition) is 2. The van der Waals surface area contributed by atoms with E-state index in [1.807, 2.05) is 6.07 Å². The molecule has 2 saturated carbocycles. The molecule has 1 aromatic rings. The Hall–Kier alpha value is -1.84. The number of benzene rings is 1. The van der Waals surface area contributed by atoms with E-state index in [1.54, 1.807) is 0 Å². The molecule has 1 amide bonds. The van der Waals surface area contributed by atoms with E-state index in [2.05, 4.69) is 29.6 Å². The van der Waals surface area contributed by atoms with E-state index < -0.39 is 5.97 Å². The summed E-state index contributed by atoms with van der Waals surface area (Å²) >= 11 is 0. The Bertz CT molecular complexity index is 537. The molecule has 4 nitrogen and oxygen atoms in total. The summed E-state index contributed by atoms with van der Waals surface area (Å²) < 4.78 is 0. The van der Waals surface area contributed by atoms with E-state index in [-0.39, 0.29) is 23.8 Å². The van der Waals surface area contributed by atoms with Gasteiger partial charge in [0, 0.05) is 12.0 Å². The highest BCUT2D eigenvalue weighted by Gasteiger charge is 2.35. The SMILES string of the molecule is O=C(O)C1CCCC(C(=O)NC2CC(c3ccccc3)C2)C1. The second-order valence-electron chi connectivity index (χ2n) is 6.68. The fraction of sp³-hybridized carbons (Fsp3) is 0.556. The molecule has 3 rings (SSSR count). The van der Waals surface area contributed by atoms with Crippen LogP contribution < -0.4 is 5.32 Å². The first-order chi connectivity index (χ1) is 10.6. The van der Waals surface area contributed by atoms with Gasteiger partial charge in [-0.3, -0.25) is 9.59 Å². The maximum absolute atomic E-state index is 12.3. The summed E-state index contributed by atoms with van der Waals surface area (Å²) in [6.07, 6.45) is 4.85. The minimum absolute atomic E-state index is 0.0578. The maximum Gasteiger partial charge on any atom is 0.306 e. The Kier molecular flexibility index (Phi) is 4.46. The molecule has 0 aliphatic heterocycles. The fourth-order valence-corrected chi connectivity index (χ4v) is 3.70. The lowest BCUT2D eigenvalue weighted by atomic mass is 9.75. The van der Waals surface area contributed by atoms with Crippen LogP contribution in [0, 0.1) is 11.8 Å². The van der Waals surface area contributed by atoms with Crippen molar-refractivity contribution in [1.82, 2.24) is 5.32 Å². The predicted molar refractivity (Wildman–Crippen MR) is 83.4 cm³/mol. The van der Waals surface area contributed by atoms with Crippen LogP contribution in [0.15, 0.2) is 30.3 Å². The van der Waals surface area contributed by atoms with Crippen LogP contribution in [-0.4, -0.2) is 23.0 Å². The molecular formula is C18H23NO3. The molecule has 2 aliphatic carbocycles. The molecular weight excluding hydrogens is 278 g/mol. The van der Waals surface area contributed by atoms with Gasteiger partial charge in [0.1, 0.15) is 0 Å². The van der Waals surface area contributed by atoms with Crippen LogP contribution in [0.2, 0.25) is 0 Å². The lowest BCUT2D eigenvalue weighted by Gasteiger charge is -2.37. The molecule has 118 valence electrons. The van der Waals surface area contributed by atoms with E-state index in [9.17, 15) is 9.59 Å². The van der Waals surface area contributed by atoms with Gasteiger partial charge in [0.25, 0.3) is 0 Å². The minimum atomic E-state index is -0.759. The van der Waals surface area contributed by atoms with E-state index >= 15 is 0 Å².